The molecule has 25 heavy (non-hydrogen) atoms. The fourth-order valence-electron chi connectivity index (χ4n) is 2.98. The second kappa shape index (κ2) is 5.97. The Morgan fingerprint density at radius 1 is 1.52 bits per heavy atom. The summed E-state index contributed by atoms with van der Waals surface area (Å²) in [5.74, 6) is 0.436. The van der Waals surface area contributed by atoms with Gasteiger partial charge in [-0.1, -0.05) is 0 Å². The molecule has 0 bridgehead atoms. The molecule has 0 spiro atoms. The summed E-state index contributed by atoms with van der Waals surface area (Å²) in [5, 5.41) is 18.5. The van der Waals surface area contributed by atoms with Crippen molar-refractivity contribution in [2.75, 3.05) is 0 Å². The van der Waals surface area contributed by atoms with Crippen LogP contribution in [0.25, 0.3) is 16.2 Å². The molecule has 6 nitrogen and oxygen atoms in total. The molecule has 126 valence electrons. The predicted molar refractivity (Wildman–Crippen MR) is 95.4 cm³/mol. The molecule has 1 amide bonds. The van der Waals surface area contributed by atoms with E-state index in [2.05, 4.69) is 21.5 Å². The first kappa shape index (κ1) is 15.8. The lowest BCUT2D eigenvalue weighted by molar-refractivity contribution is 0.0937. The smallest absolute Gasteiger partial charge is 0.256 e. The number of nitriles is 1. The topological polar surface area (TPSA) is 83.1 Å². The first-order valence-electron chi connectivity index (χ1n) is 8.22. The van der Waals surface area contributed by atoms with E-state index in [0.29, 0.717) is 28.4 Å². The molecule has 7 heteroatoms. The van der Waals surface area contributed by atoms with E-state index in [-0.39, 0.29) is 11.9 Å². The maximum absolute atomic E-state index is 12.6. The molecule has 1 aliphatic carbocycles. The van der Waals surface area contributed by atoms with E-state index < -0.39 is 0 Å². The molecule has 1 N–H and O–H groups in total. The van der Waals surface area contributed by atoms with Crippen LogP contribution >= 0.6 is 11.3 Å². The van der Waals surface area contributed by atoms with Crippen LogP contribution in [0.1, 0.15) is 41.4 Å². The maximum Gasteiger partial charge on any atom is 0.256 e. The molecule has 0 radical (unpaired) electrons. The minimum absolute atomic E-state index is 0.148. The Morgan fingerprint density at radius 2 is 2.32 bits per heavy atom. The Bertz CT molecular complexity index is 1010. The third-order valence-electron chi connectivity index (χ3n) is 4.60. The zero-order valence-electron chi connectivity index (χ0n) is 14.0. The third kappa shape index (κ3) is 2.79. The first-order valence-corrected chi connectivity index (χ1v) is 9.10. The minimum atomic E-state index is -0.148. The van der Waals surface area contributed by atoms with Crippen LogP contribution in [0.4, 0.5) is 0 Å². The summed E-state index contributed by atoms with van der Waals surface area (Å²) in [4.78, 5) is 18.1. The maximum atomic E-state index is 12.6. The molecule has 0 aliphatic heterocycles. The Labute approximate surface area is 149 Å². The van der Waals surface area contributed by atoms with Gasteiger partial charge in [0.05, 0.1) is 22.3 Å². The number of nitrogens with zero attached hydrogens (tertiary/aromatic N) is 4. The van der Waals surface area contributed by atoms with Gasteiger partial charge in [-0.2, -0.15) is 10.4 Å². The highest BCUT2D eigenvalue weighted by atomic mass is 32.1. The lowest BCUT2D eigenvalue weighted by Crippen LogP contribution is -2.34. The summed E-state index contributed by atoms with van der Waals surface area (Å²) in [5.41, 5.74) is 3.14. The van der Waals surface area contributed by atoms with Crippen LogP contribution in [-0.4, -0.2) is 26.5 Å². The van der Waals surface area contributed by atoms with E-state index >= 15 is 0 Å². The van der Waals surface area contributed by atoms with Crippen LogP contribution in [0.15, 0.2) is 23.7 Å². The summed E-state index contributed by atoms with van der Waals surface area (Å²) in [7, 11) is 0. The second-order valence-electron chi connectivity index (χ2n) is 6.45. The number of fused-ring (bicyclic) bond motifs is 1. The van der Waals surface area contributed by atoms with Crippen LogP contribution < -0.4 is 5.32 Å². The number of aryl methyl sites for hydroxylation is 1. The number of nitrogens with one attached hydrogen (secondary N) is 1. The van der Waals surface area contributed by atoms with Gasteiger partial charge in [0, 0.05) is 11.7 Å². The Hall–Kier alpha value is -2.72. The molecule has 1 atom stereocenters. The van der Waals surface area contributed by atoms with E-state index in [1.54, 1.807) is 16.8 Å². The van der Waals surface area contributed by atoms with Gasteiger partial charge in [0.1, 0.15) is 11.6 Å². The van der Waals surface area contributed by atoms with E-state index in [4.69, 9.17) is 0 Å². The molecule has 4 rings (SSSR count). The number of carbonyl (C=O) groups excluding carboxylic acids is 1. The van der Waals surface area contributed by atoms with Crippen LogP contribution in [0.5, 0.6) is 0 Å². The molecule has 1 aliphatic rings. The summed E-state index contributed by atoms with van der Waals surface area (Å²) >= 11 is 1.47. The monoisotopic (exact) mass is 351 g/mol. The van der Waals surface area contributed by atoms with Gasteiger partial charge in [-0.05, 0) is 50.1 Å². The zero-order chi connectivity index (χ0) is 17.6. The number of hydrogen-bond donors (Lipinski definition) is 1. The van der Waals surface area contributed by atoms with Crippen molar-refractivity contribution in [3.63, 3.8) is 0 Å². The predicted octanol–water partition coefficient (Wildman–Crippen LogP) is 3.17. The van der Waals surface area contributed by atoms with E-state index in [9.17, 15) is 10.1 Å². The van der Waals surface area contributed by atoms with Crippen LogP contribution in [0.3, 0.4) is 0 Å². The Kier molecular flexibility index (Phi) is 3.77. The average Bonchev–Trinajstić information content (AvgIpc) is 3.18. The lowest BCUT2D eigenvalue weighted by atomic mass is 10.2. The molecule has 1 saturated carbocycles. The van der Waals surface area contributed by atoms with Gasteiger partial charge in [0.25, 0.3) is 5.91 Å². The molecule has 3 aromatic heterocycles. The Balaban J connectivity index is 1.76. The molecule has 0 aromatic carbocycles. The molecule has 0 unspecified atom stereocenters. The molecule has 3 aromatic rings. The standard InChI is InChI=1S/C18H17N5OS/c1-10-7-15(16-13(8-19)5-6-25-16)22-17-14(9-20-23(10)17)18(24)21-11(2)12-3-4-12/h5-7,9,11-12H,3-4H2,1-2H3,(H,21,24)/t11-/m1/s1. The minimum Gasteiger partial charge on any atom is -0.349 e. The van der Waals surface area contributed by atoms with Crippen LogP contribution in [0, 0.1) is 24.2 Å². The normalized spacial score (nSPS) is 15.1. The second-order valence-corrected chi connectivity index (χ2v) is 7.37. The van der Waals surface area contributed by atoms with E-state index in [1.165, 1.54) is 24.2 Å². The van der Waals surface area contributed by atoms with Gasteiger partial charge in [-0.3, -0.25) is 4.79 Å². The summed E-state index contributed by atoms with van der Waals surface area (Å²) in [6.45, 7) is 3.95. The van der Waals surface area contributed by atoms with Gasteiger partial charge < -0.3 is 5.32 Å². The van der Waals surface area contributed by atoms with E-state index in [0.717, 1.165) is 10.6 Å². The number of carbonyl (C=O) groups is 1. The molecular weight excluding hydrogens is 334 g/mol. The van der Waals surface area contributed by atoms with Crippen LogP contribution in [0.2, 0.25) is 0 Å². The largest absolute Gasteiger partial charge is 0.349 e. The fraction of sp³-hybridized carbons (Fsp3) is 0.333. The van der Waals surface area contributed by atoms with Gasteiger partial charge >= 0.3 is 0 Å². The highest BCUT2D eigenvalue weighted by molar-refractivity contribution is 7.13. The van der Waals surface area contributed by atoms with Crippen molar-refractivity contribution < 1.29 is 4.79 Å². The molecule has 3 heterocycles. The van der Waals surface area contributed by atoms with Crippen molar-refractivity contribution in [1.29, 1.82) is 5.26 Å². The third-order valence-corrected chi connectivity index (χ3v) is 5.54. The van der Waals surface area contributed by atoms with Crippen molar-refractivity contribution >= 4 is 22.9 Å². The zero-order valence-corrected chi connectivity index (χ0v) is 14.8. The number of rotatable bonds is 4. The highest BCUT2D eigenvalue weighted by Crippen LogP contribution is 2.32. The van der Waals surface area contributed by atoms with E-state index in [1.807, 2.05) is 25.3 Å². The Morgan fingerprint density at radius 3 is 3.04 bits per heavy atom. The summed E-state index contributed by atoms with van der Waals surface area (Å²) in [6.07, 6.45) is 3.91. The van der Waals surface area contributed by atoms with Crippen molar-refractivity contribution in [2.24, 2.45) is 5.92 Å². The van der Waals surface area contributed by atoms with Gasteiger partial charge in [0.15, 0.2) is 5.65 Å². The van der Waals surface area contributed by atoms with Gasteiger partial charge in [-0.25, -0.2) is 9.50 Å². The summed E-state index contributed by atoms with van der Waals surface area (Å²) < 4.78 is 1.67. The SMILES string of the molecule is Cc1cc(-c2sccc2C#N)nc2c(C(=O)N[C@H](C)C3CC3)cnn12. The highest BCUT2D eigenvalue weighted by Gasteiger charge is 2.30. The van der Waals surface area contributed by atoms with Gasteiger partial charge in [-0.15, -0.1) is 11.3 Å². The molecule has 0 saturated heterocycles. The molecule has 1 fully saturated rings. The number of aromatic nitrogens is 3. The van der Waals surface area contributed by atoms with Crippen LogP contribution in [-0.2, 0) is 0 Å². The lowest BCUT2D eigenvalue weighted by Gasteiger charge is -2.12. The van der Waals surface area contributed by atoms with Crippen molar-refractivity contribution in [2.45, 2.75) is 32.7 Å². The van der Waals surface area contributed by atoms with Gasteiger partial charge in [0.2, 0.25) is 0 Å². The number of amides is 1. The number of thiophene rings is 1. The number of hydrogen-bond acceptors (Lipinski definition) is 5. The van der Waals surface area contributed by atoms with Crippen molar-refractivity contribution in [3.8, 4) is 16.6 Å². The molecular formula is C18H17N5OS. The van der Waals surface area contributed by atoms with Crippen molar-refractivity contribution in [3.05, 3.63) is 40.5 Å². The fourth-order valence-corrected chi connectivity index (χ4v) is 3.79. The first-order chi connectivity index (χ1) is 12.1. The van der Waals surface area contributed by atoms with Crippen molar-refractivity contribution in [1.82, 2.24) is 19.9 Å². The quantitative estimate of drug-likeness (QED) is 0.782. The average molecular weight is 351 g/mol. The summed E-state index contributed by atoms with van der Waals surface area (Å²) in [6, 6.07) is 6.02.